The number of carbonyl (C=O) groups is 1. The van der Waals surface area contributed by atoms with Crippen molar-refractivity contribution < 1.29 is 24.5 Å². The Morgan fingerprint density at radius 2 is 1.80 bits per heavy atom. The predicted molar refractivity (Wildman–Crippen MR) is 188 cm³/mol. The lowest BCUT2D eigenvalue weighted by molar-refractivity contribution is -0.142. The van der Waals surface area contributed by atoms with E-state index in [2.05, 4.69) is 71.6 Å². The summed E-state index contributed by atoms with van der Waals surface area (Å²) in [6.45, 7) is 24.6. The molecule has 248 valence electrons. The second-order valence-electron chi connectivity index (χ2n) is 14.7. The number of ketones is 1. The van der Waals surface area contributed by atoms with Gasteiger partial charge in [-0.1, -0.05) is 65.3 Å². The van der Waals surface area contributed by atoms with Crippen molar-refractivity contribution in [2.24, 2.45) is 17.3 Å². The minimum Gasteiger partial charge on any atom is -0.410 e. The van der Waals surface area contributed by atoms with Gasteiger partial charge < -0.3 is 19.7 Å². The maximum Gasteiger partial charge on any atom is 0.192 e. The van der Waals surface area contributed by atoms with Crippen molar-refractivity contribution in [3.05, 3.63) is 53.1 Å². The zero-order valence-electron chi connectivity index (χ0n) is 28.9. The van der Waals surface area contributed by atoms with Gasteiger partial charge in [-0.2, -0.15) is 0 Å². The molecule has 0 aliphatic carbocycles. The van der Waals surface area contributed by atoms with E-state index in [4.69, 9.17) is 9.41 Å². The van der Waals surface area contributed by atoms with Crippen molar-refractivity contribution in [1.29, 1.82) is 0 Å². The SMILES string of the molecule is C=CC[C@@H](C(=O)C(C)(C)[C@@H](O)CCO)[C@@H](O)[C@@H](C)CCC/C(C)=C/C[C@H](O[Si](C)(C)C(C)(C)C)c1ccc2sc(C)nc2c1. The maximum atomic E-state index is 13.4. The molecule has 0 unspecified atom stereocenters. The van der Waals surface area contributed by atoms with Crippen LogP contribution < -0.4 is 0 Å². The number of aryl methyl sites for hydroxylation is 1. The van der Waals surface area contributed by atoms with E-state index in [-0.39, 0.29) is 35.9 Å². The second kappa shape index (κ2) is 16.2. The quantitative estimate of drug-likeness (QED) is 0.111. The van der Waals surface area contributed by atoms with Gasteiger partial charge in [-0.25, -0.2) is 4.98 Å². The van der Waals surface area contributed by atoms with Crippen LogP contribution in [0.15, 0.2) is 42.5 Å². The van der Waals surface area contributed by atoms with Gasteiger partial charge in [0.25, 0.3) is 0 Å². The third-order valence-electron chi connectivity index (χ3n) is 9.67. The smallest absolute Gasteiger partial charge is 0.192 e. The molecule has 1 aromatic carbocycles. The molecule has 0 spiro atoms. The Kier molecular flexibility index (Phi) is 14.2. The molecule has 2 aromatic rings. The van der Waals surface area contributed by atoms with E-state index in [1.54, 1.807) is 31.3 Å². The van der Waals surface area contributed by atoms with E-state index in [1.165, 1.54) is 15.8 Å². The van der Waals surface area contributed by atoms with E-state index in [0.29, 0.717) is 6.42 Å². The van der Waals surface area contributed by atoms with Crippen LogP contribution in [0.2, 0.25) is 18.1 Å². The summed E-state index contributed by atoms with van der Waals surface area (Å²) in [6, 6.07) is 6.54. The Hall–Kier alpha value is -1.68. The number of aliphatic hydroxyl groups is 3. The summed E-state index contributed by atoms with van der Waals surface area (Å²) in [5.41, 5.74) is 2.41. The summed E-state index contributed by atoms with van der Waals surface area (Å²) >= 11 is 1.71. The van der Waals surface area contributed by atoms with Crippen molar-refractivity contribution >= 4 is 35.7 Å². The Bertz CT molecular complexity index is 1260. The molecular formula is C36H59NO5SSi. The molecule has 0 radical (unpaired) electrons. The summed E-state index contributed by atoms with van der Waals surface area (Å²) in [6.07, 6.45) is 5.92. The van der Waals surface area contributed by atoms with E-state index in [1.807, 2.05) is 13.8 Å². The van der Waals surface area contributed by atoms with Crippen LogP contribution in [-0.4, -0.2) is 53.2 Å². The number of hydrogen-bond acceptors (Lipinski definition) is 7. The molecule has 0 aliphatic rings. The number of aromatic nitrogens is 1. The average molecular weight is 646 g/mol. The lowest BCUT2D eigenvalue weighted by Gasteiger charge is -2.39. The number of thiazole rings is 1. The molecule has 0 amide bonds. The monoisotopic (exact) mass is 645 g/mol. The van der Waals surface area contributed by atoms with Gasteiger partial charge in [-0.05, 0) is 94.1 Å². The minimum absolute atomic E-state index is 0.0480. The molecule has 0 aliphatic heterocycles. The summed E-state index contributed by atoms with van der Waals surface area (Å²) in [4.78, 5) is 18.2. The van der Waals surface area contributed by atoms with Crippen molar-refractivity contribution in [3.8, 4) is 0 Å². The minimum atomic E-state index is -2.03. The fraction of sp³-hybridized carbons (Fsp3) is 0.667. The highest BCUT2D eigenvalue weighted by Gasteiger charge is 2.42. The molecule has 0 saturated heterocycles. The highest BCUT2D eigenvalue weighted by molar-refractivity contribution is 7.18. The molecule has 5 atom stereocenters. The number of rotatable bonds is 18. The van der Waals surface area contributed by atoms with Crippen LogP contribution in [0.5, 0.6) is 0 Å². The molecule has 1 heterocycles. The fourth-order valence-electron chi connectivity index (χ4n) is 5.43. The molecule has 8 heteroatoms. The molecule has 6 nitrogen and oxygen atoms in total. The van der Waals surface area contributed by atoms with Gasteiger partial charge in [-0.3, -0.25) is 4.79 Å². The van der Waals surface area contributed by atoms with E-state index >= 15 is 0 Å². The highest BCUT2D eigenvalue weighted by atomic mass is 32.1. The number of hydrogen-bond donors (Lipinski definition) is 3. The largest absolute Gasteiger partial charge is 0.410 e. The normalized spacial score (nSPS) is 16.9. The van der Waals surface area contributed by atoms with Crippen LogP contribution in [0.25, 0.3) is 10.2 Å². The van der Waals surface area contributed by atoms with E-state index < -0.39 is 31.9 Å². The Morgan fingerprint density at radius 1 is 1.14 bits per heavy atom. The topological polar surface area (TPSA) is 99.9 Å². The number of allylic oxidation sites excluding steroid dienone is 2. The van der Waals surface area contributed by atoms with Crippen LogP contribution in [-0.2, 0) is 9.22 Å². The first-order valence-corrected chi connectivity index (χ1v) is 19.9. The second-order valence-corrected chi connectivity index (χ2v) is 20.7. The maximum absolute atomic E-state index is 13.4. The number of nitrogens with zero attached hydrogens (tertiary/aromatic N) is 1. The Morgan fingerprint density at radius 3 is 2.39 bits per heavy atom. The molecule has 2 rings (SSSR count). The molecule has 3 N–H and O–H groups in total. The summed E-state index contributed by atoms with van der Waals surface area (Å²) < 4.78 is 8.16. The van der Waals surface area contributed by atoms with Crippen LogP contribution in [0.3, 0.4) is 0 Å². The van der Waals surface area contributed by atoms with Crippen LogP contribution >= 0.6 is 11.3 Å². The zero-order chi connectivity index (χ0) is 33.5. The van der Waals surface area contributed by atoms with E-state index in [0.717, 1.165) is 36.2 Å². The molecule has 1 aromatic heterocycles. The standard InChI is InChI=1S/C36H59NO5SSi/c1-12-14-28(34(41)36(8,9)32(39)21-22-38)33(40)25(3)16-13-15-24(2)17-19-30(42-44(10,11)35(5,6)7)27-18-20-31-29(23-27)37-26(4)43-31/h12,17-18,20,23,25,28,30,32-33,38-40H,1,13-16,19,21-22H2,2-11H3/b24-17+/t25-,28+,30-,32-,33-/m0/s1. The highest BCUT2D eigenvalue weighted by Crippen LogP contribution is 2.41. The summed E-state index contributed by atoms with van der Waals surface area (Å²) in [7, 11) is -2.03. The van der Waals surface area contributed by atoms with Crippen molar-refractivity contribution in [2.75, 3.05) is 6.61 Å². The van der Waals surface area contributed by atoms with Crippen LogP contribution in [0.4, 0.5) is 0 Å². The third kappa shape index (κ3) is 10.2. The van der Waals surface area contributed by atoms with Crippen LogP contribution in [0.1, 0.15) is 104 Å². The summed E-state index contributed by atoms with van der Waals surface area (Å²) in [5, 5.41) is 32.2. The van der Waals surface area contributed by atoms with Gasteiger partial charge in [0, 0.05) is 17.9 Å². The number of fused-ring (bicyclic) bond motifs is 1. The van der Waals surface area contributed by atoms with Gasteiger partial charge in [-0.15, -0.1) is 17.9 Å². The van der Waals surface area contributed by atoms with Crippen molar-refractivity contribution in [2.45, 2.75) is 130 Å². The summed E-state index contributed by atoms with van der Waals surface area (Å²) in [5.74, 6) is -0.924. The van der Waals surface area contributed by atoms with Crippen molar-refractivity contribution in [1.82, 2.24) is 4.98 Å². The molecular weight excluding hydrogens is 587 g/mol. The number of benzene rings is 1. The van der Waals surface area contributed by atoms with E-state index in [9.17, 15) is 20.1 Å². The Labute approximate surface area is 271 Å². The van der Waals surface area contributed by atoms with Gasteiger partial charge in [0.15, 0.2) is 8.32 Å². The van der Waals surface area contributed by atoms with Gasteiger partial charge in [0.1, 0.15) is 5.78 Å². The average Bonchev–Trinajstić information content (AvgIpc) is 3.31. The number of carbonyl (C=O) groups excluding carboxylic acids is 1. The first kappa shape index (κ1) is 38.5. The lowest BCUT2D eigenvalue weighted by Crippen LogP contribution is -2.46. The number of aliphatic hydroxyl groups excluding tert-OH is 3. The molecule has 0 fully saturated rings. The third-order valence-corrected chi connectivity index (χ3v) is 15.1. The predicted octanol–water partition coefficient (Wildman–Crippen LogP) is 8.70. The fourth-order valence-corrected chi connectivity index (χ4v) is 7.54. The zero-order valence-corrected chi connectivity index (χ0v) is 30.8. The Balaban J connectivity index is 2.11. The van der Waals surface area contributed by atoms with Gasteiger partial charge in [0.05, 0.1) is 33.5 Å². The first-order chi connectivity index (χ1) is 20.3. The lowest BCUT2D eigenvalue weighted by atomic mass is 9.71. The molecule has 0 bridgehead atoms. The van der Waals surface area contributed by atoms with Crippen LogP contribution in [0, 0.1) is 24.2 Å². The van der Waals surface area contributed by atoms with Gasteiger partial charge in [0.2, 0.25) is 0 Å². The molecule has 0 saturated carbocycles. The van der Waals surface area contributed by atoms with Crippen molar-refractivity contribution in [3.63, 3.8) is 0 Å². The molecule has 44 heavy (non-hydrogen) atoms. The van der Waals surface area contributed by atoms with Gasteiger partial charge >= 0.3 is 0 Å². The first-order valence-electron chi connectivity index (χ1n) is 16.2. The number of Topliss-reactive ketones (excluding diaryl/α,β-unsaturated/α-hetero) is 1.